The van der Waals surface area contributed by atoms with Crippen molar-refractivity contribution in [2.45, 2.75) is 32.3 Å². The minimum Gasteiger partial charge on any atom is -0.478 e. The Morgan fingerprint density at radius 2 is 1.86 bits per heavy atom. The highest BCUT2D eigenvalue weighted by molar-refractivity contribution is 6.30. The van der Waals surface area contributed by atoms with Gasteiger partial charge >= 0.3 is 5.97 Å². The topological polar surface area (TPSA) is 64.6 Å². The van der Waals surface area contributed by atoms with Crippen LogP contribution in [0.25, 0.3) is 0 Å². The van der Waals surface area contributed by atoms with Crippen molar-refractivity contribution in [3.8, 4) is 5.75 Å². The zero-order valence-corrected chi connectivity index (χ0v) is 13.2. The van der Waals surface area contributed by atoms with Crippen LogP contribution in [0.3, 0.4) is 0 Å². The maximum absolute atomic E-state index is 12.1. The van der Waals surface area contributed by atoms with Gasteiger partial charge in [0.05, 0.1) is 7.11 Å². The molecular formula is C15H20ClNO4. The van der Waals surface area contributed by atoms with Crippen molar-refractivity contribution in [3.05, 3.63) is 29.3 Å². The van der Waals surface area contributed by atoms with Gasteiger partial charge in [0.1, 0.15) is 5.75 Å². The molecule has 0 fully saturated rings. The average molecular weight is 314 g/mol. The first-order chi connectivity index (χ1) is 9.85. The molecule has 0 atom stereocenters. The molecule has 0 unspecified atom stereocenters. The van der Waals surface area contributed by atoms with E-state index < -0.39 is 5.60 Å². The van der Waals surface area contributed by atoms with E-state index in [-0.39, 0.29) is 18.3 Å². The van der Waals surface area contributed by atoms with Gasteiger partial charge in [0, 0.05) is 18.0 Å². The molecule has 0 aliphatic heterocycles. The number of carbonyl (C=O) groups excluding carboxylic acids is 2. The van der Waals surface area contributed by atoms with Gasteiger partial charge in [-0.3, -0.25) is 9.59 Å². The van der Waals surface area contributed by atoms with E-state index in [4.69, 9.17) is 16.3 Å². The SMILES string of the molecule is COC(=O)CCCNC(=O)C(C)(C)Oc1ccc(Cl)cc1. The Hall–Kier alpha value is -1.75. The first-order valence-corrected chi connectivity index (χ1v) is 7.02. The van der Waals surface area contributed by atoms with E-state index in [1.54, 1.807) is 38.1 Å². The van der Waals surface area contributed by atoms with Gasteiger partial charge in [-0.1, -0.05) is 11.6 Å². The molecule has 6 heteroatoms. The summed E-state index contributed by atoms with van der Waals surface area (Å²) < 4.78 is 10.2. The normalized spacial score (nSPS) is 10.9. The molecule has 1 aromatic rings. The molecule has 0 aromatic heterocycles. The minimum atomic E-state index is -1.01. The maximum atomic E-state index is 12.1. The highest BCUT2D eigenvalue weighted by Gasteiger charge is 2.29. The number of ether oxygens (including phenoxy) is 2. The Bertz CT molecular complexity index is 485. The number of rotatable bonds is 7. The largest absolute Gasteiger partial charge is 0.478 e. The summed E-state index contributed by atoms with van der Waals surface area (Å²) >= 11 is 5.79. The highest BCUT2D eigenvalue weighted by Crippen LogP contribution is 2.20. The van der Waals surface area contributed by atoms with Gasteiger partial charge in [-0.05, 0) is 44.5 Å². The van der Waals surface area contributed by atoms with Gasteiger partial charge in [-0.15, -0.1) is 0 Å². The van der Waals surface area contributed by atoms with E-state index in [1.807, 2.05) is 0 Å². The quantitative estimate of drug-likeness (QED) is 0.620. The Morgan fingerprint density at radius 3 is 2.43 bits per heavy atom. The van der Waals surface area contributed by atoms with Crippen LogP contribution < -0.4 is 10.1 Å². The number of benzene rings is 1. The van der Waals surface area contributed by atoms with E-state index in [9.17, 15) is 9.59 Å². The van der Waals surface area contributed by atoms with Crippen molar-refractivity contribution in [3.63, 3.8) is 0 Å². The van der Waals surface area contributed by atoms with Gasteiger partial charge in [0.25, 0.3) is 5.91 Å². The molecule has 116 valence electrons. The van der Waals surface area contributed by atoms with Crippen molar-refractivity contribution >= 4 is 23.5 Å². The van der Waals surface area contributed by atoms with Crippen LogP contribution in [0.2, 0.25) is 5.02 Å². The van der Waals surface area contributed by atoms with Crippen molar-refractivity contribution < 1.29 is 19.1 Å². The zero-order chi connectivity index (χ0) is 15.9. The highest BCUT2D eigenvalue weighted by atomic mass is 35.5. The van der Waals surface area contributed by atoms with Crippen LogP contribution in [-0.4, -0.2) is 31.1 Å². The molecule has 0 aliphatic rings. The smallest absolute Gasteiger partial charge is 0.305 e. The third kappa shape index (κ3) is 6.04. The molecule has 0 aliphatic carbocycles. The van der Waals surface area contributed by atoms with Crippen LogP contribution in [0, 0.1) is 0 Å². The molecule has 0 heterocycles. The molecule has 0 saturated carbocycles. The summed E-state index contributed by atoms with van der Waals surface area (Å²) in [5.74, 6) is 0.0253. The molecule has 1 rings (SSSR count). The number of hydrogen-bond donors (Lipinski definition) is 1. The van der Waals surface area contributed by atoms with Crippen molar-refractivity contribution in [2.75, 3.05) is 13.7 Å². The molecule has 1 N–H and O–H groups in total. The van der Waals surface area contributed by atoms with Gasteiger partial charge < -0.3 is 14.8 Å². The van der Waals surface area contributed by atoms with Gasteiger partial charge in [0.15, 0.2) is 5.60 Å². The Balaban J connectivity index is 2.43. The standard InChI is InChI=1S/C15H20ClNO4/c1-15(2,21-12-8-6-11(16)7-9-12)14(19)17-10-4-5-13(18)20-3/h6-9H,4-5,10H2,1-3H3,(H,17,19). The van der Waals surface area contributed by atoms with Gasteiger partial charge in [-0.25, -0.2) is 0 Å². The number of methoxy groups -OCH3 is 1. The molecule has 1 amide bonds. The van der Waals surface area contributed by atoms with Crippen molar-refractivity contribution in [1.82, 2.24) is 5.32 Å². The second-order valence-electron chi connectivity index (χ2n) is 5.00. The average Bonchev–Trinajstić information content (AvgIpc) is 2.45. The Morgan fingerprint density at radius 1 is 1.24 bits per heavy atom. The van der Waals surface area contributed by atoms with Crippen molar-refractivity contribution in [2.24, 2.45) is 0 Å². The van der Waals surface area contributed by atoms with Crippen LogP contribution in [0.5, 0.6) is 5.75 Å². The zero-order valence-electron chi connectivity index (χ0n) is 12.4. The van der Waals surface area contributed by atoms with E-state index in [0.29, 0.717) is 23.7 Å². The van der Waals surface area contributed by atoms with Crippen LogP contribution in [0.1, 0.15) is 26.7 Å². The minimum absolute atomic E-state index is 0.248. The number of carbonyl (C=O) groups is 2. The third-order valence-electron chi connectivity index (χ3n) is 2.80. The molecular weight excluding hydrogens is 294 g/mol. The predicted octanol–water partition coefficient (Wildman–Crippen LogP) is 2.57. The fourth-order valence-corrected chi connectivity index (χ4v) is 1.72. The van der Waals surface area contributed by atoms with E-state index in [0.717, 1.165) is 0 Å². The lowest BCUT2D eigenvalue weighted by molar-refractivity contribution is -0.141. The molecule has 0 saturated heterocycles. The number of nitrogens with one attached hydrogen (secondary N) is 1. The van der Waals surface area contributed by atoms with Gasteiger partial charge in [0.2, 0.25) is 0 Å². The Labute approximate surface area is 129 Å². The van der Waals surface area contributed by atoms with Crippen LogP contribution in [0.4, 0.5) is 0 Å². The lowest BCUT2D eigenvalue weighted by atomic mass is 10.1. The summed E-state index contributed by atoms with van der Waals surface area (Å²) in [6.07, 6.45) is 0.796. The monoisotopic (exact) mass is 313 g/mol. The third-order valence-corrected chi connectivity index (χ3v) is 3.06. The van der Waals surface area contributed by atoms with Crippen LogP contribution in [-0.2, 0) is 14.3 Å². The van der Waals surface area contributed by atoms with E-state index in [1.165, 1.54) is 7.11 Å². The second kappa shape index (κ2) is 7.88. The molecule has 5 nitrogen and oxygen atoms in total. The molecule has 0 radical (unpaired) electrons. The fraction of sp³-hybridized carbons (Fsp3) is 0.467. The van der Waals surface area contributed by atoms with Crippen LogP contribution >= 0.6 is 11.6 Å². The maximum Gasteiger partial charge on any atom is 0.305 e. The number of hydrogen-bond acceptors (Lipinski definition) is 4. The second-order valence-corrected chi connectivity index (χ2v) is 5.44. The van der Waals surface area contributed by atoms with E-state index in [2.05, 4.69) is 10.1 Å². The molecule has 21 heavy (non-hydrogen) atoms. The molecule has 1 aromatic carbocycles. The lowest BCUT2D eigenvalue weighted by Gasteiger charge is -2.25. The summed E-state index contributed by atoms with van der Waals surface area (Å²) in [7, 11) is 1.34. The summed E-state index contributed by atoms with van der Waals surface area (Å²) in [6, 6.07) is 6.80. The fourth-order valence-electron chi connectivity index (χ4n) is 1.59. The number of halogens is 1. The Kier molecular flexibility index (Phi) is 6.49. The lowest BCUT2D eigenvalue weighted by Crippen LogP contribution is -2.46. The summed E-state index contributed by atoms with van der Waals surface area (Å²) in [5.41, 5.74) is -1.01. The van der Waals surface area contributed by atoms with Crippen LogP contribution in [0.15, 0.2) is 24.3 Å². The molecule has 0 bridgehead atoms. The first kappa shape index (κ1) is 17.3. The summed E-state index contributed by atoms with van der Waals surface area (Å²) in [6.45, 7) is 3.75. The summed E-state index contributed by atoms with van der Waals surface area (Å²) in [5, 5.41) is 3.34. The number of esters is 1. The first-order valence-electron chi connectivity index (χ1n) is 6.65. The van der Waals surface area contributed by atoms with E-state index >= 15 is 0 Å². The molecule has 0 spiro atoms. The predicted molar refractivity (Wildman–Crippen MR) is 80.4 cm³/mol. The van der Waals surface area contributed by atoms with Gasteiger partial charge in [-0.2, -0.15) is 0 Å². The number of amides is 1. The summed E-state index contributed by atoms with van der Waals surface area (Å²) in [4.78, 5) is 23.0. The van der Waals surface area contributed by atoms with Crippen molar-refractivity contribution in [1.29, 1.82) is 0 Å².